The Bertz CT molecular complexity index is 1090. The van der Waals surface area contributed by atoms with E-state index in [2.05, 4.69) is 30.0 Å². The second-order valence-corrected chi connectivity index (χ2v) is 8.89. The maximum Gasteiger partial charge on any atom is 0.253 e. The third-order valence-electron chi connectivity index (χ3n) is 5.87. The Morgan fingerprint density at radius 3 is 2.44 bits per heavy atom. The largest absolute Gasteiger partial charge is 0.489 e. The van der Waals surface area contributed by atoms with E-state index in [1.807, 2.05) is 60.4 Å². The fourth-order valence-electron chi connectivity index (χ4n) is 4.00. The number of aryl methyl sites for hydroxylation is 2. The van der Waals surface area contributed by atoms with Crippen LogP contribution in [0.4, 0.5) is 0 Å². The van der Waals surface area contributed by atoms with Crippen molar-refractivity contribution in [2.45, 2.75) is 27.0 Å². The number of ether oxygens (including phenoxy) is 1. The van der Waals surface area contributed by atoms with Gasteiger partial charge in [-0.2, -0.15) is 0 Å². The standard InChI is InChI=1S/C27H29ClN2O2/c1-20-9-10-21(2)26(15-20)32-19-23-6-3-7-24(16-23)27(31)30-13-11-29(12-14-30)18-22-5-4-8-25(28)17-22/h3-10,15-17H,11-14,18-19H2,1-2H3. The molecule has 166 valence electrons. The minimum absolute atomic E-state index is 0.0843. The number of piperazine rings is 1. The van der Waals surface area contributed by atoms with Gasteiger partial charge < -0.3 is 9.64 Å². The molecule has 0 aromatic heterocycles. The fraction of sp³-hybridized carbons (Fsp3) is 0.296. The van der Waals surface area contributed by atoms with Crippen LogP contribution in [-0.2, 0) is 13.2 Å². The topological polar surface area (TPSA) is 32.8 Å². The second kappa shape index (κ2) is 10.2. The van der Waals surface area contributed by atoms with Crippen LogP contribution >= 0.6 is 11.6 Å². The minimum atomic E-state index is 0.0843. The molecule has 0 saturated carbocycles. The molecule has 0 aliphatic carbocycles. The van der Waals surface area contributed by atoms with Crippen LogP contribution in [-0.4, -0.2) is 41.9 Å². The van der Waals surface area contributed by atoms with Crippen LogP contribution in [0.2, 0.25) is 5.02 Å². The van der Waals surface area contributed by atoms with Crippen LogP contribution < -0.4 is 4.74 Å². The number of nitrogens with zero attached hydrogens (tertiary/aromatic N) is 2. The van der Waals surface area contributed by atoms with E-state index in [0.717, 1.165) is 60.2 Å². The smallest absolute Gasteiger partial charge is 0.253 e. The lowest BCUT2D eigenvalue weighted by atomic mass is 10.1. The summed E-state index contributed by atoms with van der Waals surface area (Å²) < 4.78 is 6.02. The zero-order valence-electron chi connectivity index (χ0n) is 18.7. The fourth-order valence-corrected chi connectivity index (χ4v) is 4.22. The SMILES string of the molecule is Cc1ccc(C)c(OCc2cccc(C(=O)N3CCN(Cc4cccc(Cl)c4)CC3)c2)c1. The molecule has 0 spiro atoms. The highest BCUT2D eigenvalue weighted by atomic mass is 35.5. The number of benzene rings is 3. The van der Waals surface area contributed by atoms with Crippen LogP contribution in [0.25, 0.3) is 0 Å². The van der Waals surface area contributed by atoms with E-state index in [0.29, 0.717) is 6.61 Å². The molecule has 1 aliphatic rings. The molecule has 5 heteroatoms. The number of carbonyl (C=O) groups is 1. The van der Waals surface area contributed by atoms with Gasteiger partial charge in [0.2, 0.25) is 0 Å². The van der Waals surface area contributed by atoms with Gasteiger partial charge in [-0.1, -0.05) is 48.0 Å². The molecule has 1 fully saturated rings. The first-order valence-electron chi connectivity index (χ1n) is 11.0. The summed E-state index contributed by atoms with van der Waals surface area (Å²) in [6.07, 6.45) is 0. The van der Waals surface area contributed by atoms with E-state index in [-0.39, 0.29) is 5.91 Å². The molecule has 0 N–H and O–H groups in total. The molecule has 1 heterocycles. The summed E-state index contributed by atoms with van der Waals surface area (Å²) in [4.78, 5) is 17.4. The number of carbonyl (C=O) groups excluding carboxylic acids is 1. The normalized spacial score (nSPS) is 14.4. The zero-order chi connectivity index (χ0) is 22.5. The highest BCUT2D eigenvalue weighted by molar-refractivity contribution is 6.30. The summed E-state index contributed by atoms with van der Waals surface area (Å²) in [5.41, 5.74) is 5.20. The molecule has 3 aromatic rings. The summed E-state index contributed by atoms with van der Waals surface area (Å²) >= 11 is 6.10. The molecule has 0 radical (unpaired) electrons. The maximum absolute atomic E-state index is 13.1. The van der Waals surface area contributed by atoms with E-state index >= 15 is 0 Å². The second-order valence-electron chi connectivity index (χ2n) is 8.46. The number of amides is 1. The van der Waals surface area contributed by atoms with Gasteiger partial charge in [0.05, 0.1) is 0 Å². The van der Waals surface area contributed by atoms with Crippen molar-refractivity contribution in [3.05, 3.63) is 99.6 Å². The minimum Gasteiger partial charge on any atom is -0.489 e. The van der Waals surface area contributed by atoms with E-state index in [1.54, 1.807) is 0 Å². The molecular formula is C27H29ClN2O2. The Labute approximate surface area is 195 Å². The zero-order valence-corrected chi connectivity index (χ0v) is 19.4. The van der Waals surface area contributed by atoms with E-state index in [4.69, 9.17) is 16.3 Å². The Morgan fingerprint density at radius 1 is 0.906 bits per heavy atom. The van der Waals surface area contributed by atoms with Gasteiger partial charge in [-0.05, 0) is 66.4 Å². The van der Waals surface area contributed by atoms with Crippen LogP contribution in [0.15, 0.2) is 66.7 Å². The van der Waals surface area contributed by atoms with Crippen molar-refractivity contribution in [2.75, 3.05) is 26.2 Å². The molecule has 1 saturated heterocycles. The first-order valence-corrected chi connectivity index (χ1v) is 11.4. The average molecular weight is 449 g/mol. The van der Waals surface area contributed by atoms with Gasteiger partial charge in [0, 0.05) is 43.3 Å². The Hall–Kier alpha value is -2.82. The predicted octanol–water partition coefficient (Wildman–Crippen LogP) is 5.49. The molecule has 4 rings (SSSR count). The molecule has 1 aliphatic heterocycles. The number of halogens is 1. The highest BCUT2D eigenvalue weighted by Crippen LogP contribution is 2.21. The molecule has 3 aromatic carbocycles. The van der Waals surface area contributed by atoms with Crippen LogP contribution in [0.1, 0.15) is 32.6 Å². The lowest BCUT2D eigenvalue weighted by molar-refractivity contribution is 0.0628. The average Bonchev–Trinajstić information content (AvgIpc) is 2.80. The van der Waals surface area contributed by atoms with Gasteiger partial charge in [-0.15, -0.1) is 0 Å². The third kappa shape index (κ3) is 5.70. The van der Waals surface area contributed by atoms with Crippen molar-refractivity contribution >= 4 is 17.5 Å². The van der Waals surface area contributed by atoms with Crippen molar-refractivity contribution in [3.8, 4) is 5.75 Å². The van der Waals surface area contributed by atoms with Crippen molar-refractivity contribution < 1.29 is 9.53 Å². The number of rotatable bonds is 6. The van der Waals surface area contributed by atoms with Crippen LogP contribution in [0, 0.1) is 13.8 Å². The van der Waals surface area contributed by atoms with Gasteiger partial charge in [0.15, 0.2) is 0 Å². The third-order valence-corrected chi connectivity index (χ3v) is 6.10. The van der Waals surface area contributed by atoms with E-state index in [9.17, 15) is 4.79 Å². The predicted molar refractivity (Wildman–Crippen MR) is 129 cm³/mol. The lowest BCUT2D eigenvalue weighted by Gasteiger charge is -2.35. The van der Waals surface area contributed by atoms with Crippen molar-refractivity contribution in [1.82, 2.24) is 9.80 Å². The molecular weight excluding hydrogens is 420 g/mol. The van der Waals surface area contributed by atoms with Gasteiger partial charge in [0.25, 0.3) is 5.91 Å². The first kappa shape index (κ1) is 22.4. The van der Waals surface area contributed by atoms with Crippen molar-refractivity contribution in [3.63, 3.8) is 0 Å². The van der Waals surface area contributed by atoms with Crippen LogP contribution in [0.3, 0.4) is 0 Å². The van der Waals surface area contributed by atoms with E-state index in [1.165, 1.54) is 11.1 Å². The van der Waals surface area contributed by atoms with Crippen molar-refractivity contribution in [1.29, 1.82) is 0 Å². The summed E-state index contributed by atoms with van der Waals surface area (Å²) in [6, 6.07) is 21.9. The quantitative estimate of drug-likeness (QED) is 0.499. The molecule has 0 bridgehead atoms. The van der Waals surface area contributed by atoms with E-state index < -0.39 is 0 Å². The Kier molecular flexibility index (Phi) is 7.13. The van der Waals surface area contributed by atoms with Gasteiger partial charge in [0.1, 0.15) is 12.4 Å². The van der Waals surface area contributed by atoms with Crippen LogP contribution in [0.5, 0.6) is 5.75 Å². The lowest BCUT2D eigenvalue weighted by Crippen LogP contribution is -2.48. The van der Waals surface area contributed by atoms with Crippen molar-refractivity contribution in [2.24, 2.45) is 0 Å². The number of hydrogen-bond donors (Lipinski definition) is 0. The molecule has 1 amide bonds. The molecule has 0 unspecified atom stereocenters. The molecule has 0 atom stereocenters. The summed E-state index contributed by atoms with van der Waals surface area (Å²) in [5.74, 6) is 0.971. The Balaban J connectivity index is 1.33. The summed E-state index contributed by atoms with van der Waals surface area (Å²) in [6.45, 7) is 8.56. The maximum atomic E-state index is 13.1. The summed E-state index contributed by atoms with van der Waals surface area (Å²) in [5, 5.41) is 0.762. The number of hydrogen-bond acceptors (Lipinski definition) is 3. The van der Waals surface area contributed by atoms with Gasteiger partial charge in [-0.25, -0.2) is 0 Å². The van der Waals surface area contributed by atoms with Gasteiger partial charge >= 0.3 is 0 Å². The van der Waals surface area contributed by atoms with Gasteiger partial charge in [-0.3, -0.25) is 9.69 Å². The molecule has 4 nitrogen and oxygen atoms in total. The highest BCUT2D eigenvalue weighted by Gasteiger charge is 2.22. The monoisotopic (exact) mass is 448 g/mol. The summed E-state index contributed by atoms with van der Waals surface area (Å²) in [7, 11) is 0. The Morgan fingerprint density at radius 2 is 1.66 bits per heavy atom. The molecule has 32 heavy (non-hydrogen) atoms. The first-order chi connectivity index (χ1) is 15.5.